The predicted octanol–water partition coefficient (Wildman–Crippen LogP) is 4.51. The van der Waals surface area contributed by atoms with Gasteiger partial charge in [0.1, 0.15) is 0 Å². The van der Waals surface area contributed by atoms with Gasteiger partial charge in [0.05, 0.1) is 10.9 Å². The van der Waals surface area contributed by atoms with E-state index in [1.807, 2.05) is 30.3 Å². The van der Waals surface area contributed by atoms with Crippen LogP contribution in [0, 0.1) is 5.92 Å². The third kappa shape index (κ3) is 4.33. The van der Waals surface area contributed by atoms with Crippen molar-refractivity contribution in [3.63, 3.8) is 0 Å². The molecule has 0 radical (unpaired) electrons. The van der Waals surface area contributed by atoms with Crippen LogP contribution in [0.3, 0.4) is 0 Å². The van der Waals surface area contributed by atoms with Crippen LogP contribution in [0.2, 0.25) is 10.0 Å². The normalized spacial score (nSPS) is 11.9. The number of carbonyl (C=O) groups is 2. The molecule has 0 bridgehead atoms. The van der Waals surface area contributed by atoms with Gasteiger partial charge >= 0.3 is 5.97 Å². The minimum atomic E-state index is -0.998. The van der Waals surface area contributed by atoms with Crippen molar-refractivity contribution < 1.29 is 14.7 Å². The molecule has 0 fully saturated rings. The molecule has 2 aromatic rings. The van der Waals surface area contributed by atoms with Crippen molar-refractivity contribution in [2.75, 3.05) is 0 Å². The zero-order valence-electron chi connectivity index (χ0n) is 11.6. The summed E-state index contributed by atoms with van der Waals surface area (Å²) in [4.78, 5) is 23.7. The van der Waals surface area contributed by atoms with Crippen LogP contribution >= 0.6 is 23.2 Å². The van der Waals surface area contributed by atoms with Gasteiger partial charge in [-0.25, -0.2) is 0 Å². The van der Waals surface area contributed by atoms with Crippen LogP contribution in [0.4, 0.5) is 0 Å². The summed E-state index contributed by atoms with van der Waals surface area (Å²) in [6.45, 7) is 0. The van der Waals surface area contributed by atoms with Gasteiger partial charge in [0.25, 0.3) is 0 Å². The van der Waals surface area contributed by atoms with E-state index in [1.165, 1.54) is 12.1 Å². The molecule has 0 heterocycles. The van der Waals surface area contributed by atoms with Crippen molar-refractivity contribution >= 4 is 35.0 Å². The number of carboxylic acid groups (broad SMARTS) is 1. The Morgan fingerprint density at radius 1 is 1.05 bits per heavy atom. The number of carboxylic acids is 1. The van der Waals surface area contributed by atoms with E-state index in [-0.39, 0.29) is 17.2 Å². The maximum absolute atomic E-state index is 12.3. The molecule has 0 spiro atoms. The zero-order valence-corrected chi connectivity index (χ0v) is 13.1. The summed E-state index contributed by atoms with van der Waals surface area (Å²) in [7, 11) is 0. The largest absolute Gasteiger partial charge is 0.481 e. The maximum atomic E-state index is 12.3. The van der Waals surface area contributed by atoms with E-state index in [2.05, 4.69) is 0 Å². The number of ketones is 1. The second-order valence-electron chi connectivity index (χ2n) is 4.98. The number of hydrogen-bond donors (Lipinski definition) is 1. The molecule has 5 heteroatoms. The Labute approximate surface area is 138 Å². The Hall–Kier alpha value is -1.84. The average molecular weight is 337 g/mol. The van der Waals surface area contributed by atoms with E-state index in [0.29, 0.717) is 17.0 Å². The fourth-order valence-corrected chi connectivity index (χ4v) is 2.71. The first kappa shape index (κ1) is 16.5. The first-order valence-electron chi connectivity index (χ1n) is 6.72. The minimum absolute atomic E-state index is 0.106. The Bertz CT molecular complexity index is 684. The fraction of sp³-hybridized carbons (Fsp3) is 0.176. The molecule has 114 valence electrons. The first-order chi connectivity index (χ1) is 10.5. The molecule has 0 saturated carbocycles. The van der Waals surface area contributed by atoms with Gasteiger partial charge in [-0.15, -0.1) is 0 Å². The lowest BCUT2D eigenvalue weighted by Gasteiger charge is -2.12. The van der Waals surface area contributed by atoms with Crippen molar-refractivity contribution in [2.24, 2.45) is 5.92 Å². The van der Waals surface area contributed by atoms with Gasteiger partial charge in [0, 0.05) is 17.0 Å². The van der Waals surface area contributed by atoms with Gasteiger partial charge in [-0.05, 0) is 30.2 Å². The highest BCUT2D eigenvalue weighted by Gasteiger charge is 2.23. The number of aliphatic carboxylic acids is 1. The van der Waals surface area contributed by atoms with Crippen molar-refractivity contribution in [2.45, 2.75) is 12.8 Å². The topological polar surface area (TPSA) is 54.4 Å². The van der Waals surface area contributed by atoms with Gasteiger partial charge in [0.2, 0.25) is 0 Å². The van der Waals surface area contributed by atoms with E-state index < -0.39 is 11.9 Å². The van der Waals surface area contributed by atoms with Gasteiger partial charge in [-0.2, -0.15) is 0 Å². The number of hydrogen-bond acceptors (Lipinski definition) is 2. The monoisotopic (exact) mass is 336 g/mol. The van der Waals surface area contributed by atoms with Crippen LogP contribution in [-0.2, 0) is 11.2 Å². The molecular weight excluding hydrogens is 323 g/mol. The number of carbonyl (C=O) groups excluding carboxylic acids is 1. The maximum Gasteiger partial charge on any atom is 0.307 e. The number of Topliss-reactive ketones (excluding diaryl/α,β-unsaturated/α-hetero) is 1. The van der Waals surface area contributed by atoms with Crippen LogP contribution in [-0.4, -0.2) is 16.9 Å². The summed E-state index contributed by atoms with van der Waals surface area (Å²) in [6.07, 6.45) is 0.193. The molecule has 2 aromatic carbocycles. The third-order valence-corrected chi connectivity index (χ3v) is 3.89. The molecule has 2 rings (SSSR count). The van der Waals surface area contributed by atoms with Crippen LogP contribution in [0.5, 0.6) is 0 Å². The lowest BCUT2D eigenvalue weighted by molar-refractivity contribution is -0.141. The third-order valence-electron chi connectivity index (χ3n) is 3.34. The van der Waals surface area contributed by atoms with Crippen LogP contribution in [0.25, 0.3) is 0 Å². The summed E-state index contributed by atoms with van der Waals surface area (Å²) in [5, 5.41) is 10.0. The molecule has 1 unspecified atom stereocenters. The quantitative estimate of drug-likeness (QED) is 0.789. The molecule has 0 amide bonds. The van der Waals surface area contributed by atoms with Gasteiger partial charge in [-0.3, -0.25) is 9.59 Å². The molecule has 3 nitrogen and oxygen atoms in total. The molecule has 1 atom stereocenters. The SMILES string of the molecule is O=C(CC(Cc1ccccc1)C(=O)O)c1ccc(Cl)cc1Cl. The molecule has 0 aliphatic heterocycles. The summed E-state index contributed by atoms with van der Waals surface area (Å²) < 4.78 is 0. The average Bonchev–Trinajstić information content (AvgIpc) is 2.47. The zero-order chi connectivity index (χ0) is 16.1. The highest BCUT2D eigenvalue weighted by molar-refractivity contribution is 6.36. The standard InChI is InChI=1S/C17H14Cl2O3/c18-13-6-7-14(15(19)10-13)16(20)9-12(17(21)22)8-11-4-2-1-3-5-11/h1-7,10,12H,8-9H2,(H,21,22). The molecular formula is C17H14Cl2O3. The van der Waals surface area contributed by atoms with E-state index in [0.717, 1.165) is 5.56 Å². The van der Waals surface area contributed by atoms with Crippen molar-refractivity contribution in [3.05, 3.63) is 69.7 Å². The predicted molar refractivity (Wildman–Crippen MR) is 86.7 cm³/mol. The Morgan fingerprint density at radius 2 is 1.73 bits per heavy atom. The summed E-state index contributed by atoms with van der Waals surface area (Å²) in [5.41, 5.74) is 1.18. The van der Waals surface area contributed by atoms with Crippen LogP contribution in [0.15, 0.2) is 48.5 Å². The Balaban J connectivity index is 2.14. The van der Waals surface area contributed by atoms with Crippen molar-refractivity contribution in [1.82, 2.24) is 0 Å². The lowest BCUT2D eigenvalue weighted by atomic mass is 9.92. The molecule has 0 saturated heterocycles. The Morgan fingerprint density at radius 3 is 2.32 bits per heavy atom. The van der Waals surface area contributed by atoms with Crippen LogP contribution in [0.1, 0.15) is 22.3 Å². The molecule has 22 heavy (non-hydrogen) atoms. The van der Waals surface area contributed by atoms with E-state index >= 15 is 0 Å². The number of halogens is 2. The second-order valence-corrected chi connectivity index (χ2v) is 5.82. The van der Waals surface area contributed by atoms with Gasteiger partial charge in [0.15, 0.2) is 5.78 Å². The number of rotatable bonds is 6. The molecule has 0 aromatic heterocycles. The summed E-state index contributed by atoms with van der Waals surface area (Å²) >= 11 is 11.8. The Kier molecular flexibility index (Phi) is 5.58. The van der Waals surface area contributed by atoms with Gasteiger partial charge in [-0.1, -0.05) is 53.5 Å². The van der Waals surface area contributed by atoms with E-state index in [4.69, 9.17) is 23.2 Å². The fourth-order valence-electron chi connectivity index (χ4n) is 2.19. The lowest BCUT2D eigenvalue weighted by Crippen LogP contribution is -2.20. The summed E-state index contributed by atoms with van der Waals surface area (Å²) in [5.74, 6) is -2.09. The van der Waals surface area contributed by atoms with Crippen molar-refractivity contribution in [1.29, 1.82) is 0 Å². The molecule has 0 aliphatic carbocycles. The smallest absolute Gasteiger partial charge is 0.307 e. The first-order valence-corrected chi connectivity index (χ1v) is 7.48. The molecule has 1 N–H and O–H groups in total. The second kappa shape index (κ2) is 7.43. The van der Waals surface area contributed by atoms with Crippen LogP contribution < -0.4 is 0 Å². The highest BCUT2D eigenvalue weighted by Crippen LogP contribution is 2.24. The minimum Gasteiger partial charge on any atom is -0.481 e. The number of benzene rings is 2. The molecule has 0 aliphatic rings. The van der Waals surface area contributed by atoms with Gasteiger partial charge < -0.3 is 5.11 Å². The van der Waals surface area contributed by atoms with E-state index in [1.54, 1.807) is 6.07 Å². The summed E-state index contributed by atoms with van der Waals surface area (Å²) in [6, 6.07) is 13.8. The highest BCUT2D eigenvalue weighted by atomic mass is 35.5. The van der Waals surface area contributed by atoms with Crippen molar-refractivity contribution in [3.8, 4) is 0 Å². The van der Waals surface area contributed by atoms with E-state index in [9.17, 15) is 14.7 Å².